The van der Waals surface area contributed by atoms with Gasteiger partial charge in [-0.1, -0.05) is 28.1 Å². The lowest BCUT2D eigenvalue weighted by molar-refractivity contribution is 0.0953. The van der Waals surface area contributed by atoms with E-state index in [1.807, 2.05) is 30.3 Å². The summed E-state index contributed by atoms with van der Waals surface area (Å²) in [5.41, 5.74) is 0.720. The fourth-order valence-electron chi connectivity index (χ4n) is 2.21. The molecule has 112 valence electrons. The maximum atomic E-state index is 12.1. The van der Waals surface area contributed by atoms with E-state index in [-0.39, 0.29) is 5.91 Å². The summed E-state index contributed by atoms with van der Waals surface area (Å²) < 4.78 is 1.05. The summed E-state index contributed by atoms with van der Waals surface area (Å²) in [7, 11) is 4.12. The number of amides is 1. The third-order valence-corrected chi connectivity index (χ3v) is 3.88. The molecule has 1 amide bonds. The van der Waals surface area contributed by atoms with E-state index in [0.717, 1.165) is 46.7 Å². The summed E-state index contributed by atoms with van der Waals surface area (Å²) in [4.78, 5) is 14.3. The van der Waals surface area contributed by atoms with Crippen molar-refractivity contribution >= 4 is 32.6 Å². The predicted molar refractivity (Wildman–Crippen MR) is 91.8 cm³/mol. The van der Waals surface area contributed by atoms with Crippen LogP contribution in [-0.2, 0) is 0 Å². The van der Waals surface area contributed by atoms with Gasteiger partial charge in [-0.2, -0.15) is 0 Å². The average Bonchev–Trinajstić information content (AvgIpc) is 2.45. The van der Waals surface area contributed by atoms with Gasteiger partial charge in [0.1, 0.15) is 0 Å². The van der Waals surface area contributed by atoms with E-state index in [0.29, 0.717) is 0 Å². The molecule has 2 aromatic rings. The van der Waals surface area contributed by atoms with E-state index in [9.17, 15) is 4.79 Å². The first-order valence-corrected chi connectivity index (χ1v) is 7.98. The van der Waals surface area contributed by atoms with Crippen molar-refractivity contribution in [2.24, 2.45) is 0 Å². The molecule has 3 nitrogen and oxygen atoms in total. The number of halogens is 1. The fourth-order valence-corrected chi connectivity index (χ4v) is 2.59. The van der Waals surface area contributed by atoms with Gasteiger partial charge in [-0.3, -0.25) is 4.79 Å². The largest absolute Gasteiger partial charge is 0.352 e. The molecule has 0 bridgehead atoms. The zero-order chi connectivity index (χ0) is 15.2. The summed E-state index contributed by atoms with van der Waals surface area (Å²) in [6, 6.07) is 11.9. The van der Waals surface area contributed by atoms with Crippen molar-refractivity contribution in [1.29, 1.82) is 0 Å². The van der Waals surface area contributed by atoms with Crippen molar-refractivity contribution in [2.45, 2.75) is 12.8 Å². The van der Waals surface area contributed by atoms with Gasteiger partial charge in [-0.25, -0.2) is 0 Å². The second-order valence-electron chi connectivity index (χ2n) is 5.47. The van der Waals surface area contributed by atoms with Crippen LogP contribution in [0.2, 0.25) is 0 Å². The smallest absolute Gasteiger partial charge is 0.251 e. The molecule has 0 radical (unpaired) electrons. The Balaban J connectivity index is 1.92. The van der Waals surface area contributed by atoms with Crippen LogP contribution in [0.4, 0.5) is 0 Å². The SMILES string of the molecule is CN(C)CCCCNC(=O)c1ccc2cc(Br)ccc2c1. The molecule has 0 aliphatic carbocycles. The van der Waals surface area contributed by atoms with Crippen molar-refractivity contribution in [3.8, 4) is 0 Å². The first-order valence-electron chi connectivity index (χ1n) is 7.18. The van der Waals surface area contributed by atoms with Crippen LogP contribution in [0.15, 0.2) is 40.9 Å². The summed E-state index contributed by atoms with van der Waals surface area (Å²) in [5.74, 6) is 0.00433. The monoisotopic (exact) mass is 348 g/mol. The Hall–Kier alpha value is -1.39. The molecule has 0 saturated carbocycles. The average molecular weight is 349 g/mol. The van der Waals surface area contributed by atoms with E-state index in [4.69, 9.17) is 0 Å². The Kier molecular flexibility index (Phi) is 5.76. The highest BCUT2D eigenvalue weighted by atomic mass is 79.9. The molecule has 4 heteroatoms. The Morgan fingerprint density at radius 1 is 1.10 bits per heavy atom. The van der Waals surface area contributed by atoms with Gasteiger partial charge < -0.3 is 10.2 Å². The number of rotatable bonds is 6. The zero-order valence-corrected chi connectivity index (χ0v) is 14.1. The fraction of sp³-hybridized carbons (Fsp3) is 0.353. The lowest BCUT2D eigenvalue weighted by atomic mass is 10.1. The van der Waals surface area contributed by atoms with Crippen molar-refractivity contribution < 1.29 is 4.79 Å². The first-order chi connectivity index (χ1) is 10.1. The van der Waals surface area contributed by atoms with Crippen LogP contribution in [0.25, 0.3) is 10.8 Å². The third-order valence-electron chi connectivity index (χ3n) is 3.38. The number of hydrogen-bond donors (Lipinski definition) is 1. The number of nitrogens with one attached hydrogen (secondary N) is 1. The van der Waals surface area contributed by atoms with Gasteiger partial charge in [0.2, 0.25) is 0 Å². The molecule has 2 rings (SSSR count). The molecule has 21 heavy (non-hydrogen) atoms. The number of carbonyl (C=O) groups is 1. The standard InChI is InChI=1S/C17H21BrN2O/c1-20(2)10-4-3-9-19-17(21)15-6-5-14-12-16(18)8-7-13(14)11-15/h5-8,11-12H,3-4,9-10H2,1-2H3,(H,19,21). The molecule has 2 aromatic carbocycles. The van der Waals surface area contributed by atoms with Gasteiger partial charge in [0.25, 0.3) is 5.91 Å². The normalized spacial score (nSPS) is 11.0. The van der Waals surface area contributed by atoms with E-state index in [1.165, 1.54) is 0 Å². The van der Waals surface area contributed by atoms with Crippen LogP contribution in [0.1, 0.15) is 23.2 Å². The lowest BCUT2D eigenvalue weighted by Crippen LogP contribution is -2.25. The number of hydrogen-bond acceptors (Lipinski definition) is 2. The van der Waals surface area contributed by atoms with Crippen molar-refractivity contribution in [3.63, 3.8) is 0 Å². The quantitative estimate of drug-likeness (QED) is 0.807. The second-order valence-corrected chi connectivity index (χ2v) is 6.39. The molecule has 0 fully saturated rings. The number of fused-ring (bicyclic) bond motifs is 1. The summed E-state index contributed by atoms with van der Waals surface area (Å²) >= 11 is 3.46. The van der Waals surface area contributed by atoms with E-state index >= 15 is 0 Å². The van der Waals surface area contributed by atoms with Gasteiger partial charge in [-0.05, 0) is 68.5 Å². The van der Waals surface area contributed by atoms with Crippen LogP contribution in [0.5, 0.6) is 0 Å². The van der Waals surface area contributed by atoms with Crippen molar-refractivity contribution in [3.05, 3.63) is 46.4 Å². The minimum atomic E-state index is 0.00433. The van der Waals surface area contributed by atoms with Crippen LogP contribution in [0, 0.1) is 0 Å². The van der Waals surface area contributed by atoms with Gasteiger partial charge >= 0.3 is 0 Å². The third kappa shape index (κ3) is 4.83. The summed E-state index contributed by atoms with van der Waals surface area (Å²) in [5, 5.41) is 5.20. The number of nitrogens with zero attached hydrogens (tertiary/aromatic N) is 1. The maximum absolute atomic E-state index is 12.1. The minimum absolute atomic E-state index is 0.00433. The van der Waals surface area contributed by atoms with Crippen LogP contribution in [-0.4, -0.2) is 38.0 Å². The maximum Gasteiger partial charge on any atom is 0.251 e. The minimum Gasteiger partial charge on any atom is -0.352 e. The summed E-state index contributed by atoms with van der Waals surface area (Å²) in [6.45, 7) is 1.78. The van der Waals surface area contributed by atoms with Crippen LogP contribution < -0.4 is 5.32 Å². The van der Waals surface area contributed by atoms with Gasteiger partial charge in [0, 0.05) is 16.6 Å². The highest BCUT2D eigenvalue weighted by Gasteiger charge is 2.06. The Labute approximate surface area is 134 Å². The zero-order valence-electron chi connectivity index (χ0n) is 12.5. The summed E-state index contributed by atoms with van der Waals surface area (Å²) in [6.07, 6.45) is 2.10. The second kappa shape index (κ2) is 7.57. The highest BCUT2D eigenvalue weighted by Crippen LogP contribution is 2.20. The molecule has 0 atom stereocenters. The Bertz CT molecular complexity index is 625. The predicted octanol–water partition coefficient (Wildman–Crippen LogP) is 3.67. The number of carbonyl (C=O) groups excluding carboxylic acids is 1. The molecule has 0 aliphatic heterocycles. The Morgan fingerprint density at radius 3 is 2.57 bits per heavy atom. The topological polar surface area (TPSA) is 32.3 Å². The molecular formula is C17H21BrN2O. The van der Waals surface area contributed by atoms with E-state index in [1.54, 1.807) is 0 Å². The molecule has 1 N–H and O–H groups in total. The molecule has 0 saturated heterocycles. The van der Waals surface area contributed by atoms with Crippen molar-refractivity contribution in [2.75, 3.05) is 27.2 Å². The highest BCUT2D eigenvalue weighted by molar-refractivity contribution is 9.10. The molecule has 0 spiro atoms. The number of benzene rings is 2. The molecular weight excluding hydrogens is 328 g/mol. The molecule has 0 aliphatic rings. The van der Waals surface area contributed by atoms with Crippen molar-refractivity contribution in [1.82, 2.24) is 10.2 Å². The van der Waals surface area contributed by atoms with Gasteiger partial charge in [0.15, 0.2) is 0 Å². The van der Waals surface area contributed by atoms with E-state index < -0.39 is 0 Å². The Morgan fingerprint density at radius 2 is 1.81 bits per heavy atom. The molecule has 0 heterocycles. The van der Waals surface area contributed by atoms with Gasteiger partial charge in [0.05, 0.1) is 0 Å². The first kappa shape index (κ1) is 16.0. The van der Waals surface area contributed by atoms with Crippen LogP contribution >= 0.6 is 15.9 Å². The van der Waals surface area contributed by atoms with Crippen LogP contribution in [0.3, 0.4) is 0 Å². The lowest BCUT2D eigenvalue weighted by Gasteiger charge is -2.09. The van der Waals surface area contributed by atoms with E-state index in [2.05, 4.69) is 46.3 Å². The molecule has 0 unspecified atom stereocenters. The number of unbranched alkanes of at least 4 members (excludes halogenated alkanes) is 1. The van der Waals surface area contributed by atoms with Gasteiger partial charge in [-0.15, -0.1) is 0 Å². The molecule has 0 aromatic heterocycles.